The van der Waals surface area contributed by atoms with Crippen molar-refractivity contribution in [2.24, 2.45) is 5.92 Å². The van der Waals surface area contributed by atoms with Crippen molar-refractivity contribution in [3.63, 3.8) is 0 Å². The Balaban J connectivity index is 1.99. The van der Waals surface area contributed by atoms with Gasteiger partial charge >= 0.3 is 0 Å². The number of fused-ring (bicyclic) bond motifs is 1. The zero-order valence-electron chi connectivity index (χ0n) is 10.7. The summed E-state index contributed by atoms with van der Waals surface area (Å²) >= 11 is 1.60. The number of rotatable bonds is 7. The van der Waals surface area contributed by atoms with E-state index in [1.165, 1.54) is 0 Å². The minimum atomic E-state index is 0.244. The smallest absolute Gasteiger partial charge is 0.237 e. The average molecular weight is 269 g/mol. The number of aliphatic hydroxyl groups is 1. The van der Waals surface area contributed by atoms with Crippen molar-refractivity contribution < 1.29 is 9.84 Å². The van der Waals surface area contributed by atoms with Crippen LogP contribution in [0.1, 0.15) is 19.0 Å². The van der Waals surface area contributed by atoms with Crippen LogP contribution in [-0.4, -0.2) is 34.8 Å². The number of thiazole rings is 1. The van der Waals surface area contributed by atoms with Crippen LogP contribution in [0.3, 0.4) is 0 Å². The molecular weight excluding hydrogens is 250 g/mol. The van der Waals surface area contributed by atoms with Crippen LogP contribution in [0.4, 0.5) is 0 Å². The molecule has 5 nitrogen and oxygen atoms in total. The first-order valence-corrected chi connectivity index (χ1v) is 6.94. The minimum absolute atomic E-state index is 0.244. The van der Waals surface area contributed by atoms with Gasteiger partial charge in [0.25, 0.3) is 0 Å². The molecule has 100 valence electrons. The summed E-state index contributed by atoms with van der Waals surface area (Å²) < 4.78 is 7.34. The van der Waals surface area contributed by atoms with E-state index >= 15 is 0 Å². The van der Waals surface area contributed by atoms with Crippen molar-refractivity contribution in [3.8, 4) is 5.88 Å². The molecule has 0 amide bonds. The van der Waals surface area contributed by atoms with Crippen LogP contribution in [0.25, 0.3) is 4.96 Å². The van der Waals surface area contributed by atoms with Crippen LogP contribution in [-0.2, 0) is 6.54 Å². The zero-order valence-corrected chi connectivity index (χ0v) is 11.5. The molecule has 0 spiro atoms. The number of hydrogen-bond donors (Lipinski definition) is 2. The minimum Gasteiger partial charge on any atom is -0.480 e. The summed E-state index contributed by atoms with van der Waals surface area (Å²) in [5.41, 5.74) is 1.05. The van der Waals surface area contributed by atoms with Crippen molar-refractivity contribution in [1.29, 1.82) is 0 Å². The predicted octanol–water partition coefficient (Wildman–Crippen LogP) is 1.51. The second-order valence-corrected chi connectivity index (χ2v) is 5.24. The highest BCUT2D eigenvalue weighted by Gasteiger charge is 2.13. The maximum absolute atomic E-state index is 8.86. The van der Waals surface area contributed by atoms with E-state index in [0.29, 0.717) is 11.8 Å². The number of nitrogens with one attached hydrogen (secondary N) is 1. The first-order chi connectivity index (χ1) is 8.76. The molecule has 2 heterocycles. The standard InChI is InChI=1S/C12H19N3O2S/c1-9(3-5-16)7-13-8-10-11(17-2)14-12-15(10)4-6-18-12/h4,6,9,13,16H,3,5,7-8H2,1-2H3. The number of imidazole rings is 1. The molecule has 18 heavy (non-hydrogen) atoms. The Kier molecular flexibility index (Phi) is 4.57. The van der Waals surface area contributed by atoms with Gasteiger partial charge in [0.1, 0.15) is 5.69 Å². The van der Waals surface area contributed by atoms with E-state index in [-0.39, 0.29) is 6.61 Å². The highest BCUT2D eigenvalue weighted by atomic mass is 32.1. The topological polar surface area (TPSA) is 58.8 Å². The highest BCUT2D eigenvalue weighted by molar-refractivity contribution is 7.15. The molecule has 1 unspecified atom stereocenters. The van der Waals surface area contributed by atoms with Gasteiger partial charge in [-0.2, -0.15) is 4.98 Å². The number of nitrogens with zero attached hydrogens (tertiary/aromatic N) is 2. The Morgan fingerprint density at radius 3 is 3.17 bits per heavy atom. The first-order valence-electron chi connectivity index (χ1n) is 6.06. The monoisotopic (exact) mass is 269 g/mol. The molecule has 0 aliphatic carbocycles. The number of aliphatic hydroxyl groups excluding tert-OH is 1. The maximum atomic E-state index is 8.86. The van der Waals surface area contributed by atoms with Gasteiger partial charge in [-0.15, -0.1) is 11.3 Å². The van der Waals surface area contributed by atoms with E-state index < -0.39 is 0 Å². The first kappa shape index (κ1) is 13.3. The summed E-state index contributed by atoms with van der Waals surface area (Å²) in [6.07, 6.45) is 2.83. The van der Waals surface area contributed by atoms with Gasteiger partial charge in [-0.1, -0.05) is 6.92 Å². The third-order valence-corrected chi connectivity index (χ3v) is 3.68. The average Bonchev–Trinajstić information content (AvgIpc) is 2.91. The van der Waals surface area contributed by atoms with Gasteiger partial charge in [0.15, 0.2) is 4.96 Å². The van der Waals surface area contributed by atoms with Crippen molar-refractivity contribution in [1.82, 2.24) is 14.7 Å². The Hall–Kier alpha value is -1.11. The van der Waals surface area contributed by atoms with Gasteiger partial charge in [-0.3, -0.25) is 4.40 Å². The van der Waals surface area contributed by atoms with E-state index in [1.54, 1.807) is 18.4 Å². The van der Waals surface area contributed by atoms with E-state index in [4.69, 9.17) is 9.84 Å². The summed E-state index contributed by atoms with van der Waals surface area (Å²) in [4.78, 5) is 5.36. The number of hydrogen-bond acceptors (Lipinski definition) is 5. The van der Waals surface area contributed by atoms with Gasteiger partial charge in [-0.25, -0.2) is 0 Å². The fraction of sp³-hybridized carbons (Fsp3) is 0.583. The number of methoxy groups -OCH3 is 1. The van der Waals surface area contributed by atoms with Crippen LogP contribution < -0.4 is 10.1 Å². The Morgan fingerprint density at radius 2 is 2.44 bits per heavy atom. The van der Waals surface area contributed by atoms with Gasteiger partial charge in [0, 0.05) is 24.7 Å². The van der Waals surface area contributed by atoms with Gasteiger partial charge in [-0.05, 0) is 18.9 Å². The lowest BCUT2D eigenvalue weighted by Gasteiger charge is -2.11. The molecule has 0 fully saturated rings. The van der Waals surface area contributed by atoms with Crippen molar-refractivity contribution in [2.75, 3.05) is 20.3 Å². The fourth-order valence-electron chi connectivity index (χ4n) is 1.90. The maximum Gasteiger partial charge on any atom is 0.237 e. The van der Waals surface area contributed by atoms with Gasteiger partial charge in [0.2, 0.25) is 5.88 Å². The summed E-state index contributed by atoms with van der Waals surface area (Å²) in [7, 11) is 1.64. The van der Waals surface area contributed by atoms with Crippen molar-refractivity contribution in [2.45, 2.75) is 19.9 Å². The molecule has 1 atom stereocenters. The normalized spacial score (nSPS) is 13.1. The van der Waals surface area contributed by atoms with Crippen LogP contribution in [0.5, 0.6) is 5.88 Å². The molecule has 0 aromatic carbocycles. The molecule has 2 aromatic heterocycles. The summed E-state index contributed by atoms with van der Waals surface area (Å²) in [6.45, 7) is 3.96. The molecule has 0 saturated heterocycles. The molecule has 2 N–H and O–H groups in total. The lowest BCUT2D eigenvalue weighted by molar-refractivity contribution is 0.260. The molecular formula is C12H19N3O2S. The zero-order chi connectivity index (χ0) is 13.0. The molecule has 0 saturated carbocycles. The van der Waals surface area contributed by atoms with Crippen LogP contribution in [0.2, 0.25) is 0 Å². The highest BCUT2D eigenvalue weighted by Crippen LogP contribution is 2.22. The lowest BCUT2D eigenvalue weighted by Crippen LogP contribution is -2.22. The van der Waals surface area contributed by atoms with Crippen molar-refractivity contribution >= 4 is 16.3 Å². The molecule has 6 heteroatoms. The van der Waals surface area contributed by atoms with E-state index in [0.717, 1.165) is 30.2 Å². The second kappa shape index (κ2) is 6.17. The Bertz CT molecular complexity index is 494. The molecule has 0 aliphatic rings. The van der Waals surface area contributed by atoms with Gasteiger partial charge < -0.3 is 15.2 Å². The van der Waals surface area contributed by atoms with E-state index in [2.05, 4.69) is 17.2 Å². The second-order valence-electron chi connectivity index (χ2n) is 4.37. The van der Waals surface area contributed by atoms with Gasteiger partial charge in [0.05, 0.1) is 7.11 Å². The fourth-order valence-corrected chi connectivity index (χ4v) is 2.62. The predicted molar refractivity (Wildman–Crippen MR) is 72.2 cm³/mol. The summed E-state index contributed by atoms with van der Waals surface area (Å²) in [5.74, 6) is 1.15. The number of ether oxygens (including phenoxy) is 1. The van der Waals surface area contributed by atoms with Crippen LogP contribution >= 0.6 is 11.3 Å². The largest absolute Gasteiger partial charge is 0.480 e. The third-order valence-electron chi connectivity index (χ3n) is 2.92. The number of aromatic nitrogens is 2. The SMILES string of the molecule is COc1nc2sccn2c1CNCC(C)CCO. The Labute approximate surface area is 110 Å². The van der Waals surface area contributed by atoms with Crippen molar-refractivity contribution in [3.05, 3.63) is 17.3 Å². The van der Waals surface area contributed by atoms with E-state index in [1.807, 2.05) is 16.0 Å². The van der Waals surface area contributed by atoms with Crippen LogP contribution in [0, 0.1) is 5.92 Å². The van der Waals surface area contributed by atoms with E-state index in [9.17, 15) is 0 Å². The summed E-state index contributed by atoms with van der Waals surface area (Å²) in [6, 6.07) is 0. The van der Waals surface area contributed by atoms with Crippen LogP contribution in [0.15, 0.2) is 11.6 Å². The quantitative estimate of drug-likeness (QED) is 0.800. The molecule has 0 radical (unpaired) electrons. The molecule has 0 aliphatic heterocycles. The Morgan fingerprint density at radius 1 is 1.61 bits per heavy atom. The summed E-state index contributed by atoms with van der Waals surface area (Å²) in [5, 5.41) is 14.3. The molecule has 0 bridgehead atoms. The molecule has 2 rings (SSSR count). The third kappa shape index (κ3) is 2.82. The molecule has 2 aromatic rings. The lowest BCUT2D eigenvalue weighted by atomic mass is 10.1.